The zero-order valence-corrected chi connectivity index (χ0v) is 13.0. The number of anilines is 2. The van der Waals surface area contributed by atoms with Crippen LogP contribution in [0.15, 0.2) is 18.5 Å². The molecule has 2 aromatic rings. The number of aliphatic hydroxyl groups is 1. The molecule has 1 fully saturated rings. The van der Waals surface area contributed by atoms with Gasteiger partial charge in [0.05, 0.1) is 12.4 Å². The molecule has 0 aromatic carbocycles. The second-order valence-corrected chi connectivity index (χ2v) is 6.51. The Hall–Kier alpha value is -2.15. The maximum absolute atomic E-state index is 9.31. The van der Waals surface area contributed by atoms with E-state index in [1.165, 1.54) is 12.8 Å². The Morgan fingerprint density at radius 2 is 2.09 bits per heavy atom. The van der Waals surface area contributed by atoms with Crippen LogP contribution in [-0.2, 0) is 0 Å². The van der Waals surface area contributed by atoms with Crippen LogP contribution in [0.25, 0.3) is 11.2 Å². The summed E-state index contributed by atoms with van der Waals surface area (Å²) in [6.45, 7) is 0.172. The summed E-state index contributed by atoms with van der Waals surface area (Å²) in [5.74, 6) is 1.20. The van der Waals surface area contributed by atoms with Crippen molar-refractivity contribution < 1.29 is 5.11 Å². The number of nitrogens with zero attached hydrogens (tertiary/aromatic N) is 4. The lowest BCUT2D eigenvalue weighted by Crippen LogP contribution is -2.17. The van der Waals surface area contributed by atoms with E-state index in [1.54, 1.807) is 6.33 Å². The normalized spacial score (nSPS) is 24.7. The highest BCUT2D eigenvalue weighted by molar-refractivity contribution is 5.84. The number of aliphatic hydroxyl groups excluding tert-OH is 1. The summed E-state index contributed by atoms with van der Waals surface area (Å²) in [6, 6.07) is 0.605. The van der Waals surface area contributed by atoms with Crippen molar-refractivity contribution in [1.82, 2.24) is 19.5 Å². The number of fused-ring (bicyclic) bond motifs is 1. The highest BCUT2D eigenvalue weighted by atomic mass is 16.3. The number of rotatable bonds is 4. The first-order valence-corrected chi connectivity index (χ1v) is 8.30. The number of aromatic nitrogens is 4. The molecular weight excluding hydrogens is 292 g/mol. The number of allylic oxidation sites excluding steroid dienone is 1. The fourth-order valence-corrected chi connectivity index (χ4v) is 3.63. The van der Waals surface area contributed by atoms with Crippen molar-refractivity contribution in [3.05, 3.63) is 18.5 Å². The minimum Gasteiger partial charge on any atom is -0.396 e. The van der Waals surface area contributed by atoms with E-state index in [4.69, 9.17) is 5.73 Å². The van der Waals surface area contributed by atoms with Crippen molar-refractivity contribution in [2.75, 3.05) is 17.7 Å². The molecule has 0 amide bonds. The van der Waals surface area contributed by atoms with E-state index in [2.05, 4.69) is 32.4 Å². The lowest BCUT2D eigenvalue weighted by molar-refractivity contribution is 0.244. The van der Waals surface area contributed by atoms with Crippen molar-refractivity contribution in [3.63, 3.8) is 0 Å². The predicted octanol–water partition coefficient (Wildman–Crippen LogP) is 1.87. The Morgan fingerprint density at radius 3 is 2.83 bits per heavy atom. The Bertz CT molecular complexity index is 733. The van der Waals surface area contributed by atoms with Gasteiger partial charge in [-0.1, -0.05) is 25.0 Å². The molecule has 2 aromatic heterocycles. The fraction of sp³-hybridized carbons (Fsp3) is 0.562. The van der Waals surface area contributed by atoms with E-state index in [1.807, 2.05) is 4.57 Å². The van der Waals surface area contributed by atoms with Crippen LogP contribution in [0.1, 0.15) is 38.1 Å². The highest BCUT2D eigenvalue weighted by Crippen LogP contribution is 2.32. The molecule has 2 heterocycles. The number of hydrogen-bond acceptors (Lipinski definition) is 6. The van der Waals surface area contributed by atoms with Gasteiger partial charge in [0.1, 0.15) is 0 Å². The SMILES string of the molecule is Nc1nc(NC2CCCC2)c2ncn(C3C=CC(CO)C3)c2n1. The van der Waals surface area contributed by atoms with Crippen LogP contribution in [0.2, 0.25) is 0 Å². The largest absolute Gasteiger partial charge is 0.396 e. The molecule has 0 spiro atoms. The van der Waals surface area contributed by atoms with Gasteiger partial charge in [-0.05, 0) is 19.3 Å². The minimum atomic E-state index is 0.158. The zero-order chi connectivity index (χ0) is 15.8. The van der Waals surface area contributed by atoms with Gasteiger partial charge in [0, 0.05) is 18.6 Å². The van der Waals surface area contributed by atoms with Crippen molar-refractivity contribution in [3.8, 4) is 0 Å². The summed E-state index contributed by atoms with van der Waals surface area (Å²) in [7, 11) is 0. The summed E-state index contributed by atoms with van der Waals surface area (Å²) < 4.78 is 2.03. The molecule has 0 bridgehead atoms. The molecule has 23 heavy (non-hydrogen) atoms. The van der Waals surface area contributed by atoms with Crippen LogP contribution >= 0.6 is 0 Å². The lowest BCUT2D eigenvalue weighted by Gasteiger charge is -2.15. The van der Waals surface area contributed by atoms with Gasteiger partial charge < -0.3 is 20.7 Å². The molecule has 1 saturated carbocycles. The molecule has 0 radical (unpaired) electrons. The lowest BCUT2D eigenvalue weighted by atomic mass is 10.1. The van der Waals surface area contributed by atoms with Gasteiger partial charge in [-0.3, -0.25) is 0 Å². The van der Waals surface area contributed by atoms with Crippen LogP contribution in [-0.4, -0.2) is 37.3 Å². The van der Waals surface area contributed by atoms with Crippen molar-refractivity contribution in [2.24, 2.45) is 5.92 Å². The van der Waals surface area contributed by atoms with Crippen LogP contribution in [0.4, 0.5) is 11.8 Å². The topological polar surface area (TPSA) is 102 Å². The molecule has 0 aliphatic heterocycles. The molecule has 4 N–H and O–H groups in total. The van der Waals surface area contributed by atoms with Gasteiger partial charge in [0.15, 0.2) is 17.0 Å². The molecule has 0 saturated heterocycles. The average molecular weight is 314 g/mol. The Kier molecular flexibility index (Phi) is 3.65. The van der Waals surface area contributed by atoms with E-state index in [0.717, 1.165) is 36.2 Å². The number of hydrogen-bond donors (Lipinski definition) is 3. The second-order valence-electron chi connectivity index (χ2n) is 6.51. The second kappa shape index (κ2) is 5.81. The Morgan fingerprint density at radius 1 is 1.26 bits per heavy atom. The van der Waals surface area contributed by atoms with E-state index in [9.17, 15) is 5.11 Å². The van der Waals surface area contributed by atoms with Crippen LogP contribution in [0, 0.1) is 5.92 Å². The monoisotopic (exact) mass is 314 g/mol. The van der Waals surface area contributed by atoms with Crippen molar-refractivity contribution in [1.29, 1.82) is 0 Å². The van der Waals surface area contributed by atoms with Gasteiger partial charge in [0.2, 0.25) is 5.95 Å². The number of nitrogens with one attached hydrogen (secondary N) is 1. The molecule has 2 atom stereocenters. The first-order valence-electron chi connectivity index (χ1n) is 8.30. The predicted molar refractivity (Wildman–Crippen MR) is 89.0 cm³/mol. The highest BCUT2D eigenvalue weighted by Gasteiger charge is 2.24. The molecule has 2 unspecified atom stereocenters. The van der Waals surface area contributed by atoms with Gasteiger partial charge in [-0.25, -0.2) is 4.98 Å². The summed E-state index contributed by atoms with van der Waals surface area (Å²) in [5, 5.41) is 12.8. The van der Waals surface area contributed by atoms with Crippen LogP contribution < -0.4 is 11.1 Å². The van der Waals surface area contributed by atoms with Gasteiger partial charge in [0.25, 0.3) is 0 Å². The van der Waals surface area contributed by atoms with Gasteiger partial charge in [-0.2, -0.15) is 9.97 Å². The van der Waals surface area contributed by atoms with Crippen molar-refractivity contribution >= 4 is 22.9 Å². The number of nitrogens with two attached hydrogens (primary N) is 1. The third-order valence-electron chi connectivity index (χ3n) is 4.88. The Balaban J connectivity index is 1.68. The maximum atomic E-state index is 9.31. The Labute approximate surface area is 134 Å². The van der Waals surface area contributed by atoms with Crippen LogP contribution in [0.3, 0.4) is 0 Å². The molecule has 4 rings (SSSR count). The molecule has 7 heteroatoms. The van der Waals surface area contributed by atoms with E-state index in [0.29, 0.717) is 6.04 Å². The molecule has 2 aliphatic rings. The van der Waals surface area contributed by atoms with E-state index >= 15 is 0 Å². The molecule has 122 valence electrons. The maximum Gasteiger partial charge on any atom is 0.224 e. The zero-order valence-electron chi connectivity index (χ0n) is 13.0. The summed E-state index contributed by atoms with van der Waals surface area (Å²) in [5.41, 5.74) is 7.44. The first-order chi connectivity index (χ1) is 11.2. The molecular formula is C16H22N6O. The third-order valence-corrected chi connectivity index (χ3v) is 4.88. The van der Waals surface area contributed by atoms with E-state index in [-0.39, 0.29) is 24.5 Å². The van der Waals surface area contributed by atoms with Crippen molar-refractivity contribution in [2.45, 2.75) is 44.2 Å². The van der Waals surface area contributed by atoms with Gasteiger partial charge in [-0.15, -0.1) is 0 Å². The fourth-order valence-electron chi connectivity index (χ4n) is 3.63. The average Bonchev–Trinajstić information content (AvgIpc) is 3.26. The molecule has 7 nitrogen and oxygen atoms in total. The number of imidazole rings is 1. The third kappa shape index (κ3) is 2.65. The minimum absolute atomic E-state index is 0.158. The van der Waals surface area contributed by atoms with Gasteiger partial charge >= 0.3 is 0 Å². The summed E-state index contributed by atoms with van der Waals surface area (Å²) >= 11 is 0. The summed E-state index contributed by atoms with van der Waals surface area (Å²) in [4.78, 5) is 13.3. The molecule has 2 aliphatic carbocycles. The number of nitrogen functional groups attached to an aromatic ring is 1. The first kappa shape index (κ1) is 14.4. The standard InChI is InChI=1S/C16H22N6O/c17-16-20-14(19-11-3-1-2-4-11)13-15(21-16)22(9-18-13)12-6-5-10(7-12)8-23/h5-6,9-12,23H,1-4,7-8H2,(H3,17,19,20,21). The smallest absolute Gasteiger partial charge is 0.224 e. The van der Waals surface area contributed by atoms with E-state index < -0.39 is 0 Å². The van der Waals surface area contributed by atoms with Crippen LogP contribution in [0.5, 0.6) is 0 Å². The quantitative estimate of drug-likeness (QED) is 0.745. The summed E-state index contributed by atoms with van der Waals surface area (Å²) in [6.07, 6.45) is 11.6.